The van der Waals surface area contributed by atoms with Crippen molar-refractivity contribution in [2.45, 2.75) is 0 Å². The molecule has 0 saturated carbocycles. The molecule has 0 atom stereocenters. The van der Waals surface area contributed by atoms with Crippen molar-refractivity contribution in [2.75, 3.05) is 25.0 Å². The summed E-state index contributed by atoms with van der Waals surface area (Å²) in [5.41, 5.74) is 9.70. The van der Waals surface area contributed by atoms with E-state index in [1.165, 1.54) is 0 Å². The van der Waals surface area contributed by atoms with E-state index in [1.807, 2.05) is 24.1 Å². The van der Waals surface area contributed by atoms with Crippen LogP contribution in [0, 0.1) is 11.3 Å². The number of benzene rings is 1. The molecule has 0 heterocycles. The number of likely N-dealkylation sites (N-methyl/N-ethyl adjacent to an activating group) is 1. The molecule has 0 bridgehead atoms. The van der Waals surface area contributed by atoms with Crippen LogP contribution in [0.5, 0.6) is 0 Å². The van der Waals surface area contributed by atoms with E-state index in [0.29, 0.717) is 18.7 Å². The zero-order valence-electron chi connectivity index (χ0n) is 8.46. The number of hydrogen-bond donors (Lipinski definition) is 0. The van der Waals surface area contributed by atoms with Crippen molar-refractivity contribution in [3.8, 4) is 6.07 Å². The van der Waals surface area contributed by atoms with Crippen molar-refractivity contribution >= 4 is 5.69 Å². The molecule has 15 heavy (non-hydrogen) atoms. The van der Waals surface area contributed by atoms with Crippen molar-refractivity contribution in [1.29, 1.82) is 5.26 Å². The first-order valence-corrected chi connectivity index (χ1v) is 4.50. The summed E-state index contributed by atoms with van der Waals surface area (Å²) in [6, 6.07) is 9.38. The summed E-state index contributed by atoms with van der Waals surface area (Å²) in [5, 5.41) is 12.2. The SMILES string of the molecule is CN(CCN=[N+]=[N-])c1cccc(C#N)c1. The predicted octanol–water partition coefficient (Wildman–Crippen LogP) is 2.30. The Labute approximate surface area is 88.2 Å². The maximum Gasteiger partial charge on any atom is 0.0992 e. The topological polar surface area (TPSA) is 75.8 Å². The Morgan fingerprint density at radius 3 is 3.07 bits per heavy atom. The van der Waals surface area contributed by atoms with Gasteiger partial charge in [-0.25, -0.2) is 0 Å². The molecular weight excluding hydrogens is 190 g/mol. The maximum atomic E-state index is 8.72. The molecular formula is C10H11N5. The van der Waals surface area contributed by atoms with Gasteiger partial charge in [-0.15, -0.1) is 0 Å². The van der Waals surface area contributed by atoms with Crippen LogP contribution in [0.15, 0.2) is 29.4 Å². The Kier molecular flexibility index (Phi) is 4.02. The van der Waals surface area contributed by atoms with Crippen LogP contribution in [-0.4, -0.2) is 20.1 Å². The van der Waals surface area contributed by atoms with Gasteiger partial charge in [0.25, 0.3) is 0 Å². The number of rotatable bonds is 4. The standard InChI is InChI=1S/C10H11N5/c1-15(6-5-13-14-12)10-4-2-3-9(7-10)8-11/h2-4,7H,5-6H2,1H3. The van der Waals surface area contributed by atoms with E-state index >= 15 is 0 Å². The molecule has 0 aliphatic rings. The van der Waals surface area contributed by atoms with Gasteiger partial charge in [0.05, 0.1) is 11.6 Å². The van der Waals surface area contributed by atoms with E-state index < -0.39 is 0 Å². The van der Waals surface area contributed by atoms with Crippen molar-refractivity contribution in [1.82, 2.24) is 0 Å². The lowest BCUT2D eigenvalue weighted by Gasteiger charge is -2.17. The molecule has 0 fully saturated rings. The minimum Gasteiger partial charge on any atom is -0.374 e. The van der Waals surface area contributed by atoms with E-state index in [9.17, 15) is 0 Å². The van der Waals surface area contributed by atoms with Gasteiger partial charge in [-0.05, 0) is 23.7 Å². The van der Waals surface area contributed by atoms with Gasteiger partial charge in [-0.2, -0.15) is 5.26 Å². The van der Waals surface area contributed by atoms with Crippen molar-refractivity contribution in [3.05, 3.63) is 40.3 Å². The van der Waals surface area contributed by atoms with Gasteiger partial charge in [0.2, 0.25) is 0 Å². The molecule has 76 valence electrons. The molecule has 0 aliphatic carbocycles. The largest absolute Gasteiger partial charge is 0.374 e. The van der Waals surface area contributed by atoms with Crippen molar-refractivity contribution in [2.24, 2.45) is 5.11 Å². The third kappa shape index (κ3) is 3.22. The second-order valence-electron chi connectivity index (χ2n) is 3.04. The summed E-state index contributed by atoms with van der Waals surface area (Å²) in [7, 11) is 1.89. The van der Waals surface area contributed by atoms with Crippen LogP contribution < -0.4 is 4.90 Å². The Hall–Kier alpha value is -2.18. The molecule has 0 aliphatic heterocycles. The quantitative estimate of drug-likeness (QED) is 0.425. The summed E-state index contributed by atoms with van der Waals surface area (Å²) in [5.74, 6) is 0. The van der Waals surface area contributed by atoms with E-state index in [2.05, 4.69) is 16.1 Å². The Bertz CT molecular complexity index is 414. The number of anilines is 1. The Morgan fingerprint density at radius 1 is 1.60 bits per heavy atom. The predicted molar refractivity (Wildman–Crippen MR) is 58.4 cm³/mol. The average molecular weight is 201 g/mol. The lowest BCUT2D eigenvalue weighted by atomic mass is 10.2. The highest BCUT2D eigenvalue weighted by Gasteiger charge is 2.00. The number of azide groups is 1. The van der Waals surface area contributed by atoms with E-state index in [0.717, 1.165) is 5.69 Å². The van der Waals surface area contributed by atoms with Crippen LogP contribution in [0.25, 0.3) is 10.4 Å². The summed E-state index contributed by atoms with van der Waals surface area (Å²) in [4.78, 5) is 4.62. The summed E-state index contributed by atoms with van der Waals surface area (Å²) >= 11 is 0. The summed E-state index contributed by atoms with van der Waals surface area (Å²) in [6.45, 7) is 1.06. The minimum absolute atomic E-state index is 0.420. The van der Waals surface area contributed by atoms with Gasteiger partial charge >= 0.3 is 0 Å². The van der Waals surface area contributed by atoms with Crippen molar-refractivity contribution < 1.29 is 0 Å². The first-order valence-electron chi connectivity index (χ1n) is 4.50. The van der Waals surface area contributed by atoms with Gasteiger partial charge in [0, 0.05) is 30.7 Å². The highest BCUT2D eigenvalue weighted by molar-refractivity contribution is 5.50. The van der Waals surface area contributed by atoms with Gasteiger partial charge < -0.3 is 4.90 Å². The van der Waals surface area contributed by atoms with Gasteiger partial charge in [-0.3, -0.25) is 0 Å². The second-order valence-corrected chi connectivity index (χ2v) is 3.04. The van der Waals surface area contributed by atoms with Gasteiger partial charge in [0.15, 0.2) is 0 Å². The Morgan fingerprint density at radius 2 is 2.40 bits per heavy atom. The van der Waals surface area contributed by atoms with Crippen LogP contribution in [0.4, 0.5) is 5.69 Å². The van der Waals surface area contributed by atoms with Crippen LogP contribution in [0.2, 0.25) is 0 Å². The average Bonchev–Trinajstić information content (AvgIpc) is 2.29. The lowest BCUT2D eigenvalue weighted by Crippen LogP contribution is -2.20. The third-order valence-corrected chi connectivity index (χ3v) is 2.01. The molecule has 1 aromatic carbocycles. The summed E-state index contributed by atoms with van der Waals surface area (Å²) in [6.07, 6.45) is 0. The molecule has 0 amide bonds. The van der Waals surface area contributed by atoms with Crippen LogP contribution in [0.1, 0.15) is 5.56 Å². The Balaban J connectivity index is 2.69. The van der Waals surface area contributed by atoms with E-state index in [4.69, 9.17) is 10.8 Å². The van der Waals surface area contributed by atoms with Crippen molar-refractivity contribution in [3.63, 3.8) is 0 Å². The molecule has 1 rings (SSSR count). The lowest BCUT2D eigenvalue weighted by molar-refractivity contribution is 0.879. The fourth-order valence-electron chi connectivity index (χ4n) is 1.18. The minimum atomic E-state index is 0.420. The molecule has 1 aromatic rings. The van der Waals surface area contributed by atoms with Gasteiger partial charge in [-0.1, -0.05) is 11.2 Å². The highest BCUT2D eigenvalue weighted by atomic mass is 15.2. The van der Waals surface area contributed by atoms with Gasteiger partial charge in [0.1, 0.15) is 0 Å². The normalized spacial score (nSPS) is 8.80. The van der Waals surface area contributed by atoms with Crippen LogP contribution in [0.3, 0.4) is 0 Å². The molecule has 5 heteroatoms. The summed E-state index contributed by atoms with van der Waals surface area (Å²) < 4.78 is 0. The van der Waals surface area contributed by atoms with E-state index in [1.54, 1.807) is 12.1 Å². The monoisotopic (exact) mass is 201 g/mol. The number of nitriles is 1. The fourth-order valence-corrected chi connectivity index (χ4v) is 1.18. The molecule has 0 N–H and O–H groups in total. The van der Waals surface area contributed by atoms with E-state index in [-0.39, 0.29) is 0 Å². The molecule has 5 nitrogen and oxygen atoms in total. The number of hydrogen-bond acceptors (Lipinski definition) is 3. The smallest absolute Gasteiger partial charge is 0.0992 e. The molecule has 0 radical (unpaired) electrons. The fraction of sp³-hybridized carbons (Fsp3) is 0.300. The molecule has 0 spiro atoms. The first-order chi connectivity index (χ1) is 7.27. The zero-order chi connectivity index (χ0) is 11.1. The first kappa shape index (κ1) is 10.9. The second kappa shape index (κ2) is 5.53. The third-order valence-electron chi connectivity index (χ3n) is 2.01. The molecule has 0 aromatic heterocycles. The maximum absolute atomic E-state index is 8.72. The van der Waals surface area contributed by atoms with Crippen LogP contribution in [-0.2, 0) is 0 Å². The highest BCUT2D eigenvalue weighted by Crippen LogP contribution is 2.13. The molecule has 0 unspecified atom stereocenters. The molecule has 0 saturated heterocycles. The number of nitrogens with zero attached hydrogens (tertiary/aromatic N) is 5. The zero-order valence-corrected chi connectivity index (χ0v) is 8.46. The van der Waals surface area contributed by atoms with Crippen LogP contribution >= 0.6 is 0 Å².